The summed E-state index contributed by atoms with van der Waals surface area (Å²) in [7, 11) is -4.18. The Morgan fingerprint density at radius 1 is 0.543 bits per heavy atom. The normalized spacial score (nSPS) is 12.3. The van der Waals surface area contributed by atoms with Gasteiger partial charge in [0.25, 0.3) is 0 Å². The zero-order chi connectivity index (χ0) is 32.0. The second-order valence-electron chi connectivity index (χ2n) is 10.5. The fraction of sp³-hybridized carbons (Fsp3) is 0.135. The number of amides is 2. The lowest BCUT2D eigenvalue weighted by molar-refractivity contribution is -0.123. The molecule has 0 heterocycles. The Morgan fingerprint density at radius 3 is 1.43 bits per heavy atom. The third-order valence-corrected chi connectivity index (χ3v) is 9.02. The van der Waals surface area contributed by atoms with Gasteiger partial charge in [-0.1, -0.05) is 127 Å². The number of benzene rings is 5. The molecule has 0 saturated heterocycles. The minimum Gasteiger partial charge on any atom is -0.445 e. The molecule has 2 unspecified atom stereocenters. The standard InChI is InChI=1S/C37H35N2O6P/c40-36(34(26-29-16-6-1-7-17-29)38-37(41)43-28-31-20-10-3-11-21-31)39-35(27-30-18-8-2-9-19-30)46(42,44-32-22-12-4-13-23-32)45-33-24-14-5-15-25-33/h1-25,34-35H,26-28H2,(H,38,41)(H,39,40). The van der Waals surface area contributed by atoms with E-state index in [1.54, 1.807) is 48.5 Å². The van der Waals surface area contributed by atoms with Gasteiger partial charge in [0.1, 0.15) is 24.1 Å². The van der Waals surface area contributed by atoms with Crippen molar-refractivity contribution >= 4 is 19.6 Å². The Bertz CT molecular complexity index is 1660. The maximum Gasteiger partial charge on any atom is 0.453 e. The van der Waals surface area contributed by atoms with E-state index >= 15 is 0 Å². The molecule has 9 heteroatoms. The molecule has 0 spiro atoms. The average molecular weight is 635 g/mol. The highest BCUT2D eigenvalue weighted by Gasteiger charge is 2.42. The lowest BCUT2D eigenvalue weighted by Crippen LogP contribution is -2.51. The number of alkyl carbamates (subject to hydrolysis) is 1. The summed E-state index contributed by atoms with van der Waals surface area (Å²) in [4.78, 5) is 27.1. The topological polar surface area (TPSA) is 103 Å². The molecule has 5 rings (SSSR count). The predicted octanol–water partition coefficient (Wildman–Crippen LogP) is 7.56. The lowest BCUT2D eigenvalue weighted by Gasteiger charge is -2.30. The zero-order valence-corrected chi connectivity index (χ0v) is 26.0. The van der Waals surface area contributed by atoms with E-state index in [-0.39, 0.29) is 19.4 Å². The number of carbonyl (C=O) groups is 2. The summed E-state index contributed by atoms with van der Waals surface area (Å²) in [6.07, 6.45) is -0.474. The van der Waals surface area contributed by atoms with E-state index in [2.05, 4.69) is 10.6 Å². The molecule has 5 aromatic rings. The van der Waals surface area contributed by atoms with Gasteiger partial charge in [-0.15, -0.1) is 0 Å². The monoisotopic (exact) mass is 634 g/mol. The average Bonchev–Trinajstić information content (AvgIpc) is 3.09. The second kappa shape index (κ2) is 16.1. The number of nitrogens with one attached hydrogen (secondary N) is 2. The molecule has 0 saturated carbocycles. The molecular formula is C37H35N2O6P. The maximum atomic E-state index is 14.9. The first-order valence-electron chi connectivity index (χ1n) is 14.9. The van der Waals surface area contributed by atoms with Crippen LogP contribution in [0.25, 0.3) is 0 Å². The summed E-state index contributed by atoms with van der Waals surface area (Å²) in [5.74, 6) is -1.08. The molecule has 0 aliphatic rings. The van der Waals surface area contributed by atoms with Crippen LogP contribution >= 0.6 is 7.60 Å². The van der Waals surface area contributed by atoms with E-state index in [0.29, 0.717) is 11.5 Å². The number of ether oxygens (including phenoxy) is 1. The van der Waals surface area contributed by atoms with Crippen LogP contribution in [0.5, 0.6) is 11.5 Å². The molecule has 0 fully saturated rings. The number of hydrogen-bond donors (Lipinski definition) is 2. The molecule has 46 heavy (non-hydrogen) atoms. The van der Waals surface area contributed by atoms with Gasteiger partial charge >= 0.3 is 13.7 Å². The molecule has 8 nitrogen and oxygen atoms in total. The molecule has 0 bridgehead atoms. The quantitative estimate of drug-likeness (QED) is 0.122. The minimum absolute atomic E-state index is 0.0357. The molecule has 0 aromatic heterocycles. The highest BCUT2D eigenvalue weighted by atomic mass is 31.2. The summed E-state index contributed by atoms with van der Waals surface area (Å²) in [5.41, 5.74) is 2.42. The molecule has 0 aliphatic heterocycles. The second-order valence-corrected chi connectivity index (χ2v) is 12.6. The lowest BCUT2D eigenvalue weighted by atomic mass is 10.1. The Morgan fingerprint density at radius 2 is 0.957 bits per heavy atom. The van der Waals surface area contributed by atoms with Crippen LogP contribution in [0, 0.1) is 0 Å². The molecule has 5 aromatic carbocycles. The van der Waals surface area contributed by atoms with Crippen LogP contribution in [0.15, 0.2) is 152 Å². The fourth-order valence-corrected chi connectivity index (χ4v) is 6.56. The van der Waals surface area contributed by atoms with E-state index < -0.39 is 31.4 Å². The number of para-hydroxylation sites is 2. The Labute approximate surface area is 268 Å². The molecular weight excluding hydrogens is 599 g/mol. The van der Waals surface area contributed by atoms with Crippen LogP contribution in [0.1, 0.15) is 16.7 Å². The van der Waals surface area contributed by atoms with Crippen molar-refractivity contribution in [3.05, 3.63) is 168 Å². The Hall–Kier alpha value is -5.33. The van der Waals surface area contributed by atoms with E-state index in [4.69, 9.17) is 13.8 Å². The van der Waals surface area contributed by atoms with Crippen LogP contribution in [-0.2, 0) is 33.5 Å². The highest BCUT2D eigenvalue weighted by Crippen LogP contribution is 2.53. The highest BCUT2D eigenvalue weighted by molar-refractivity contribution is 7.55. The molecule has 234 valence electrons. The number of rotatable bonds is 14. The van der Waals surface area contributed by atoms with Crippen molar-refractivity contribution in [2.45, 2.75) is 31.3 Å². The zero-order valence-electron chi connectivity index (χ0n) is 25.1. The van der Waals surface area contributed by atoms with E-state index in [9.17, 15) is 14.2 Å². The van der Waals surface area contributed by atoms with Crippen LogP contribution in [0.3, 0.4) is 0 Å². The minimum atomic E-state index is -4.18. The van der Waals surface area contributed by atoms with Gasteiger partial charge in [0.15, 0.2) is 5.78 Å². The molecule has 2 atom stereocenters. The van der Waals surface area contributed by atoms with Crippen molar-refractivity contribution in [1.29, 1.82) is 0 Å². The maximum absolute atomic E-state index is 14.9. The summed E-state index contributed by atoms with van der Waals surface area (Å²) < 4.78 is 32.6. The summed E-state index contributed by atoms with van der Waals surface area (Å²) in [6.45, 7) is 0.0357. The van der Waals surface area contributed by atoms with E-state index in [1.165, 1.54) is 0 Å². The van der Waals surface area contributed by atoms with Crippen LogP contribution < -0.4 is 19.7 Å². The van der Waals surface area contributed by atoms with Crippen LogP contribution in [-0.4, -0.2) is 23.8 Å². The van der Waals surface area contributed by atoms with Gasteiger partial charge in [-0.3, -0.25) is 4.79 Å². The van der Waals surface area contributed by atoms with E-state index in [1.807, 2.05) is 103 Å². The number of hydrogen-bond acceptors (Lipinski definition) is 6. The number of carbonyl (C=O) groups excluding carboxylic acids is 2. The van der Waals surface area contributed by atoms with Crippen molar-refractivity contribution in [3.63, 3.8) is 0 Å². The van der Waals surface area contributed by atoms with Gasteiger partial charge in [-0.05, 0) is 41.0 Å². The first kappa shape index (κ1) is 32.1. The smallest absolute Gasteiger partial charge is 0.445 e. The van der Waals surface area contributed by atoms with Crippen molar-refractivity contribution in [2.75, 3.05) is 0 Å². The van der Waals surface area contributed by atoms with Gasteiger partial charge < -0.3 is 24.4 Å². The molecule has 0 radical (unpaired) electrons. The summed E-state index contributed by atoms with van der Waals surface area (Å²) in [6, 6.07) is 44.2. The first-order valence-corrected chi connectivity index (χ1v) is 16.5. The Kier molecular flexibility index (Phi) is 11.2. The SMILES string of the molecule is O=C(NC(Cc1ccccc1)C(=O)NC(Cc1ccccc1)P(=O)(Oc1ccccc1)Oc1ccccc1)OCc1ccccc1. The third-order valence-electron chi connectivity index (χ3n) is 7.02. The fourth-order valence-electron chi connectivity index (χ4n) is 4.71. The van der Waals surface area contributed by atoms with Crippen LogP contribution in [0.4, 0.5) is 4.79 Å². The largest absolute Gasteiger partial charge is 0.453 e. The van der Waals surface area contributed by atoms with E-state index in [0.717, 1.165) is 16.7 Å². The molecule has 0 aliphatic carbocycles. The van der Waals surface area contributed by atoms with Gasteiger partial charge in [0, 0.05) is 12.8 Å². The van der Waals surface area contributed by atoms with Gasteiger partial charge in [-0.2, -0.15) is 0 Å². The third kappa shape index (κ3) is 9.58. The van der Waals surface area contributed by atoms with Gasteiger partial charge in [0.05, 0.1) is 0 Å². The molecule has 2 amide bonds. The van der Waals surface area contributed by atoms with Gasteiger partial charge in [-0.25, -0.2) is 9.36 Å². The van der Waals surface area contributed by atoms with Crippen molar-refractivity contribution in [1.82, 2.24) is 10.6 Å². The first-order chi connectivity index (χ1) is 22.5. The Balaban J connectivity index is 1.44. The summed E-state index contributed by atoms with van der Waals surface area (Å²) in [5, 5.41) is 5.63. The van der Waals surface area contributed by atoms with Crippen molar-refractivity contribution < 1.29 is 27.9 Å². The molecule has 2 N–H and O–H groups in total. The van der Waals surface area contributed by atoms with Crippen molar-refractivity contribution in [3.8, 4) is 11.5 Å². The summed E-state index contributed by atoms with van der Waals surface area (Å²) >= 11 is 0. The van der Waals surface area contributed by atoms with Gasteiger partial charge in [0.2, 0.25) is 5.91 Å². The van der Waals surface area contributed by atoms with Crippen molar-refractivity contribution in [2.24, 2.45) is 0 Å². The van der Waals surface area contributed by atoms with Crippen LogP contribution in [0.2, 0.25) is 0 Å². The predicted molar refractivity (Wildman–Crippen MR) is 178 cm³/mol.